The Labute approximate surface area is 158 Å². The predicted octanol–water partition coefficient (Wildman–Crippen LogP) is 2.07. The highest BCUT2D eigenvalue weighted by molar-refractivity contribution is 7.26. The van der Waals surface area contributed by atoms with Crippen molar-refractivity contribution in [2.24, 2.45) is 0 Å². The van der Waals surface area contributed by atoms with E-state index in [9.17, 15) is 20.4 Å². The molecule has 2 aromatic heterocycles. The van der Waals surface area contributed by atoms with E-state index in [0.717, 1.165) is 17.5 Å². The standard InChI is InChI=1S/C19H20O5S2/c20-9-13-16(21)17(22)18(23)19(24-13)11-3-1-2-10(6-11)7-12-8-15-14(26-12)4-5-25-15/h1-6,8,13,16-23H,7,9H2/t13-,16-,17?,18-,19+/m1/s1. The quantitative estimate of drug-likeness (QED) is 0.546. The molecule has 0 spiro atoms. The molecule has 1 saturated heterocycles. The minimum Gasteiger partial charge on any atom is -0.394 e. The first-order valence-electron chi connectivity index (χ1n) is 8.42. The molecular formula is C19H20O5S2. The number of thiophene rings is 2. The minimum atomic E-state index is -1.36. The van der Waals surface area contributed by atoms with Crippen molar-refractivity contribution in [3.05, 3.63) is 57.8 Å². The van der Waals surface area contributed by atoms with Gasteiger partial charge in [0.15, 0.2) is 0 Å². The Kier molecular flexibility index (Phi) is 5.11. The molecule has 7 heteroatoms. The van der Waals surface area contributed by atoms with Crippen molar-refractivity contribution in [3.63, 3.8) is 0 Å². The van der Waals surface area contributed by atoms with Gasteiger partial charge in [0, 0.05) is 20.7 Å². The van der Waals surface area contributed by atoms with Gasteiger partial charge in [-0.1, -0.05) is 24.3 Å². The highest BCUT2D eigenvalue weighted by Crippen LogP contribution is 2.34. The van der Waals surface area contributed by atoms with Gasteiger partial charge in [0.2, 0.25) is 0 Å². The average molecular weight is 392 g/mol. The van der Waals surface area contributed by atoms with Gasteiger partial charge in [-0.15, -0.1) is 22.7 Å². The minimum absolute atomic E-state index is 0.424. The van der Waals surface area contributed by atoms with E-state index in [1.54, 1.807) is 22.7 Å². The largest absolute Gasteiger partial charge is 0.394 e. The van der Waals surface area contributed by atoms with Crippen molar-refractivity contribution in [1.82, 2.24) is 0 Å². The molecule has 0 aliphatic carbocycles. The molecule has 3 aromatic rings. The lowest BCUT2D eigenvalue weighted by Crippen LogP contribution is -2.55. The van der Waals surface area contributed by atoms with Gasteiger partial charge >= 0.3 is 0 Å². The van der Waals surface area contributed by atoms with E-state index in [1.807, 2.05) is 24.3 Å². The number of aliphatic hydroxyl groups excluding tert-OH is 4. The van der Waals surface area contributed by atoms with Gasteiger partial charge in [0.1, 0.15) is 30.5 Å². The smallest absolute Gasteiger partial charge is 0.113 e. The molecule has 4 N–H and O–H groups in total. The SMILES string of the molecule is OC[C@H]1O[C@@H](c2cccc(Cc3cc4sccc4s3)c2)[C@H](O)C(O)[C@@H]1O. The zero-order valence-electron chi connectivity index (χ0n) is 13.9. The Hall–Kier alpha value is -1.32. The number of benzene rings is 1. The molecule has 4 rings (SSSR count). The summed E-state index contributed by atoms with van der Waals surface area (Å²) in [7, 11) is 0. The number of ether oxygens (including phenoxy) is 1. The molecule has 0 saturated carbocycles. The number of aliphatic hydroxyl groups is 4. The molecule has 1 unspecified atom stereocenters. The zero-order chi connectivity index (χ0) is 18.3. The summed E-state index contributed by atoms with van der Waals surface area (Å²) in [6, 6.07) is 12.0. The van der Waals surface area contributed by atoms with Gasteiger partial charge in [-0.25, -0.2) is 0 Å². The molecule has 0 bridgehead atoms. The predicted molar refractivity (Wildman–Crippen MR) is 102 cm³/mol. The Morgan fingerprint density at radius 1 is 0.962 bits per heavy atom. The highest BCUT2D eigenvalue weighted by atomic mass is 32.1. The van der Waals surface area contributed by atoms with Gasteiger partial charge in [-0.05, 0) is 28.6 Å². The van der Waals surface area contributed by atoms with Gasteiger partial charge < -0.3 is 25.2 Å². The van der Waals surface area contributed by atoms with E-state index < -0.39 is 37.1 Å². The number of hydrogen-bond donors (Lipinski definition) is 4. The van der Waals surface area contributed by atoms with Crippen LogP contribution in [0.25, 0.3) is 9.40 Å². The Morgan fingerprint density at radius 3 is 2.58 bits per heavy atom. The summed E-state index contributed by atoms with van der Waals surface area (Å²) in [6.07, 6.45) is -4.87. The van der Waals surface area contributed by atoms with Crippen molar-refractivity contribution >= 4 is 32.1 Å². The highest BCUT2D eigenvalue weighted by Gasteiger charge is 2.43. The van der Waals surface area contributed by atoms with Crippen LogP contribution in [-0.2, 0) is 11.2 Å². The molecule has 138 valence electrons. The van der Waals surface area contributed by atoms with Gasteiger partial charge in [-0.2, -0.15) is 0 Å². The molecule has 1 aliphatic rings. The fraction of sp³-hybridized carbons (Fsp3) is 0.368. The number of fused-ring (bicyclic) bond motifs is 1. The van der Waals surface area contributed by atoms with Crippen LogP contribution >= 0.6 is 22.7 Å². The van der Waals surface area contributed by atoms with Crippen LogP contribution in [-0.4, -0.2) is 51.4 Å². The van der Waals surface area contributed by atoms with Gasteiger partial charge in [0.25, 0.3) is 0 Å². The van der Waals surface area contributed by atoms with E-state index in [4.69, 9.17) is 4.74 Å². The molecule has 0 radical (unpaired) electrons. The summed E-state index contributed by atoms with van der Waals surface area (Å²) in [5, 5.41) is 41.7. The van der Waals surface area contributed by atoms with E-state index in [-0.39, 0.29) is 0 Å². The fourth-order valence-corrected chi connectivity index (χ4v) is 5.53. The van der Waals surface area contributed by atoms with Crippen LogP contribution in [0.4, 0.5) is 0 Å². The van der Waals surface area contributed by atoms with Crippen molar-refractivity contribution in [1.29, 1.82) is 0 Å². The first-order valence-corrected chi connectivity index (χ1v) is 10.1. The second kappa shape index (κ2) is 7.36. The van der Waals surface area contributed by atoms with Crippen molar-refractivity contribution in [2.75, 3.05) is 6.61 Å². The second-order valence-electron chi connectivity index (χ2n) is 6.53. The van der Waals surface area contributed by atoms with Crippen LogP contribution in [0.15, 0.2) is 41.8 Å². The van der Waals surface area contributed by atoms with E-state index in [1.165, 1.54) is 14.3 Å². The average Bonchev–Trinajstić information content (AvgIpc) is 3.22. The first-order chi connectivity index (χ1) is 12.6. The third-order valence-electron chi connectivity index (χ3n) is 4.74. The normalized spacial score (nSPS) is 29.3. The third-order valence-corrected chi connectivity index (χ3v) is 6.83. The molecule has 1 aromatic carbocycles. The molecule has 0 amide bonds. The Balaban J connectivity index is 1.57. The van der Waals surface area contributed by atoms with Crippen molar-refractivity contribution in [3.8, 4) is 0 Å². The van der Waals surface area contributed by atoms with Crippen molar-refractivity contribution < 1.29 is 25.2 Å². The van der Waals surface area contributed by atoms with E-state index in [0.29, 0.717) is 0 Å². The number of hydrogen-bond acceptors (Lipinski definition) is 7. The maximum Gasteiger partial charge on any atom is 0.113 e. The van der Waals surface area contributed by atoms with E-state index >= 15 is 0 Å². The van der Waals surface area contributed by atoms with Crippen LogP contribution < -0.4 is 0 Å². The van der Waals surface area contributed by atoms with Crippen LogP contribution in [0.3, 0.4) is 0 Å². The molecule has 5 nitrogen and oxygen atoms in total. The Bertz CT molecular complexity index is 858. The van der Waals surface area contributed by atoms with E-state index in [2.05, 4.69) is 17.5 Å². The van der Waals surface area contributed by atoms with Crippen LogP contribution in [0.1, 0.15) is 22.1 Å². The maximum atomic E-state index is 10.3. The topological polar surface area (TPSA) is 90.2 Å². The first kappa shape index (κ1) is 18.1. The lowest BCUT2D eigenvalue weighted by molar-refractivity contribution is -0.231. The Morgan fingerprint density at radius 2 is 1.81 bits per heavy atom. The summed E-state index contributed by atoms with van der Waals surface area (Å²) in [5.41, 5.74) is 1.80. The van der Waals surface area contributed by atoms with Crippen LogP contribution in [0.2, 0.25) is 0 Å². The fourth-order valence-electron chi connectivity index (χ4n) is 3.36. The summed E-state index contributed by atoms with van der Waals surface area (Å²) < 4.78 is 8.23. The number of rotatable bonds is 4. The van der Waals surface area contributed by atoms with Crippen LogP contribution in [0.5, 0.6) is 0 Å². The molecule has 5 atom stereocenters. The molecule has 1 aliphatic heterocycles. The van der Waals surface area contributed by atoms with Gasteiger partial charge in [0.05, 0.1) is 6.61 Å². The zero-order valence-corrected chi connectivity index (χ0v) is 15.5. The maximum absolute atomic E-state index is 10.3. The lowest BCUT2D eigenvalue weighted by Gasteiger charge is -2.40. The second-order valence-corrected chi connectivity index (χ2v) is 8.65. The summed E-state index contributed by atoms with van der Waals surface area (Å²) in [4.78, 5) is 1.26. The molecule has 26 heavy (non-hydrogen) atoms. The summed E-state index contributed by atoms with van der Waals surface area (Å²) in [5.74, 6) is 0. The van der Waals surface area contributed by atoms with Crippen molar-refractivity contribution in [2.45, 2.75) is 36.9 Å². The summed E-state index contributed by atoms with van der Waals surface area (Å²) >= 11 is 3.50. The lowest BCUT2D eigenvalue weighted by atomic mass is 9.90. The molecular weight excluding hydrogens is 372 g/mol. The van der Waals surface area contributed by atoms with Gasteiger partial charge in [-0.3, -0.25) is 0 Å². The summed E-state index contributed by atoms with van der Waals surface area (Å²) in [6.45, 7) is -0.424. The van der Waals surface area contributed by atoms with Crippen LogP contribution in [0, 0.1) is 0 Å². The monoisotopic (exact) mass is 392 g/mol. The molecule has 1 fully saturated rings. The molecule has 3 heterocycles. The third kappa shape index (κ3) is 3.32.